The molecule has 0 aromatic rings. The number of carbonyl (C=O) groups excluding carboxylic acids is 2. The second-order valence-corrected chi connectivity index (χ2v) is 10.4. The van der Waals surface area contributed by atoms with Crippen molar-refractivity contribution in [1.29, 1.82) is 0 Å². The summed E-state index contributed by atoms with van der Waals surface area (Å²) in [6, 6.07) is 0.0120. The molecule has 3 unspecified atom stereocenters. The normalized spacial score (nSPS) is 41.4. The molecule has 4 bridgehead atoms. The van der Waals surface area contributed by atoms with Crippen molar-refractivity contribution in [2.75, 3.05) is 6.54 Å². The van der Waals surface area contributed by atoms with E-state index in [0.717, 1.165) is 56.4 Å². The van der Waals surface area contributed by atoms with Gasteiger partial charge in [-0.05, 0) is 88.5 Å². The Morgan fingerprint density at radius 3 is 2.15 bits per heavy atom. The molecule has 1 heterocycles. The first-order valence-electron chi connectivity index (χ1n) is 11.2. The van der Waals surface area contributed by atoms with Crippen molar-refractivity contribution < 1.29 is 9.59 Å². The molecule has 1 aliphatic heterocycles. The summed E-state index contributed by atoms with van der Waals surface area (Å²) in [5.41, 5.74) is -0.193. The highest BCUT2D eigenvalue weighted by Gasteiger charge is 2.55. The topological polar surface area (TPSA) is 70.2 Å². The zero-order chi connectivity index (χ0) is 19.2. The summed E-state index contributed by atoms with van der Waals surface area (Å²) >= 11 is 0. The van der Waals surface area contributed by atoms with Crippen molar-refractivity contribution in [2.24, 2.45) is 29.1 Å². The molecule has 1 saturated heterocycles. The van der Waals surface area contributed by atoms with Crippen LogP contribution in [0.25, 0.3) is 0 Å². The summed E-state index contributed by atoms with van der Waals surface area (Å²) in [6.45, 7) is 7.21. The monoisotopic (exact) mass is 375 g/mol. The van der Waals surface area contributed by atoms with E-state index in [-0.39, 0.29) is 35.2 Å². The zero-order valence-electron chi connectivity index (χ0n) is 17.2. The van der Waals surface area contributed by atoms with E-state index in [1.165, 1.54) is 19.3 Å². The van der Waals surface area contributed by atoms with Gasteiger partial charge in [-0.15, -0.1) is 0 Å². The molecule has 2 amide bonds. The van der Waals surface area contributed by atoms with Crippen LogP contribution in [0.5, 0.6) is 0 Å². The van der Waals surface area contributed by atoms with E-state index < -0.39 is 6.04 Å². The fourth-order valence-electron chi connectivity index (χ4n) is 6.73. The minimum absolute atomic E-state index is 0.0105. The van der Waals surface area contributed by atoms with Gasteiger partial charge in [0.1, 0.15) is 6.04 Å². The maximum Gasteiger partial charge on any atom is 0.243 e. The number of rotatable bonds is 5. The van der Waals surface area contributed by atoms with Crippen molar-refractivity contribution >= 4 is 11.8 Å². The molecule has 0 aromatic carbocycles. The summed E-state index contributed by atoms with van der Waals surface area (Å²) in [5, 5.41) is 9.85. The standard InChI is InChI=1S/C22H37N3O2/c1-13(2)19(20(26)24-18-5-4-6-23-14(18)3)25-21(27)22-10-15-7-16(11-22)9-17(8-15)12-22/h13-19,23H,4-12H2,1-3H3,(H,24,26)(H,25,27). The molecule has 27 heavy (non-hydrogen) atoms. The van der Waals surface area contributed by atoms with Crippen LogP contribution in [0.3, 0.4) is 0 Å². The molecule has 5 rings (SSSR count). The first kappa shape index (κ1) is 19.2. The highest BCUT2D eigenvalue weighted by molar-refractivity contribution is 5.90. The molecule has 3 atom stereocenters. The molecule has 3 N–H and O–H groups in total. The summed E-state index contributed by atoms with van der Waals surface area (Å²) in [5.74, 6) is 2.45. The minimum Gasteiger partial charge on any atom is -0.350 e. The van der Waals surface area contributed by atoms with E-state index in [1.807, 2.05) is 13.8 Å². The molecule has 4 saturated carbocycles. The average Bonchev–Trinajstić information content (AvgIpc) is 2.59. The molecule has 4 aliphatic carbocycles. The molecule has 5 heteroatoms. The third-order valence-corrected chi connectivity index (χ3v) is 7.85. The van der Waals surface area contributed by atoms with Gasteiger partial charge in [0.2, 0.25) is 11.8 Å². The average molecular weight is 376 g/mol. The van der Waals surface area contributed by atoms with Gasteiger partial charge in [-0.25, -0.2) is 0 Å². The molecule has 152 valence electrons. The van der Waals surface area contributed by atoms with Crippen molar-refractivity contribution in [1.82, 2.24) is 16.0 Å². The van der Waals surface area contributed by atoms with Crippen molar-refractivity contribution in [3.8, 4) is 0 Å². The molecular weight excluding hydrogens is 338 g/mol. The fourth-order valence-corrected chi connectivity index (χ4v) is 6.73. The number of carbonyl (C=O) groups is 2. The van der Waals surface area contributed by atoms with Crippen molar-refractivity contribution in [2.45, 2.75) is 90.3 Å². The van der Waals surface area contributed by atoms with E-state index >= 15 is 0 Å². The summed E-state index contributed by atoms with van der Waals surface area (Å²) in [6.07, 6.45) is 9.20. The second kappa shape index (κ2) is 7.38. The molecule has 0 aromatic heterocycles. The third kappa shape index (κ3) is 3.76. The summed E-state index contributed by atoms with van der Waals surface area (Å²) in [4.78, 5) is 26.4. The van der Waals surface area contributed by atoms with Gasteiger partial charge < -0.3 is 16.0 Å². The van der Waals surface area contributed by atoms with Gasteiger partial charge in [0.05, 0.1) is 0 Å². The van der Waals surface area contributed by atoms with Gasteiger partial charge in [0.25, 0.3) is 0 Å². The first-order chi connectivity index (χ1) is 12.9. The van der Waals surface area contributed by atoms with Gasteiger partial charge in [-0.2, -0.15) is 0 Å². The van der Waals surface area contributed by atoms with Crippen LogP contribution in [0.4, 0.5) is 0 Å². The Bertz CT molecular complexity index is 553. The molecule has 0 spiro atoms. The Labute approximate surface area is 163 Å². The minimum atomic E-state index is -0.431. The lowest BCUT2D eigenvalue weighted by atomic mass is 9.49. The van der Waals surface area contributed by atoms with Crippen molar-refractivity contribution in [3.63, 3.8) is 0 Å². The van der Waals surface area contributed by atoms with Crippen LogP contribution in [0, 0.1) is 29.1 Å². The summed E-state index contributed by atoms with van der Waals surface area (Å²) in [7, 11) is 0. The van der Waals surface area contributed by atoms with Gasteiger partial charge >= 0.3 is 0 Å². The van der Waals surface area contributed by atoms with Crippen LogP contribution in [0.2, 0.25) is 0 Å². The molecule has 5 aliphatic rings. The number of hydrogen-bond acceptors (Lipinski definition) is 3. The van der Waals surface area contributed by atoms with Crippen LogP contribution >= 0.6 is 0 Å². The van der Waals surface area contributed by atoms with Crippen molar-refractivity contribution in [3.05, 3.63) is 0 Å². The number of piperidine rings is 1. The SMILES string of the molecule is CC(C)C(NC(=O)C12CC3CC(CC(C3)C1)C2)C(=O)NC1CCCNC1C. The van der Waals surface area contributed by atoms with Gasteiger partial charge in [0.15, 0.2) is 0 Å². The lowest BCUT2D eigenvalue weighted by molar-refractivity contribution is -0.149. The van der Waals surface area contributed by atoms with Gasteiger partial charge in [-0.3, -0.25) is 9.59 Å². The lowest BCUT2D eigenvalue weighted by Crippen LogP contribution is -2.60. The van der Waals surface area contributed by atoms with Gasteiger partial charge in [-0.1, -0.05) is 13.8 Å². The molecule has 5 nitrogen and oxygen atoms in total. The van der Waals surface area contributed by atoms with E-state index in [9.17, 15) is 9.59 Å². The third-order valence-electron chi connectivity index (χ3n) is 7.85. The summed E-state index contributed by atoms with van der Waals surface area (Å²) < 4.78 is 0. The van der Waals surface area contributed by atoms with Crippen LogP contribution in [0.1, 0.15) is 72.1 Å². The largest absolute Gasteiger partial charge is 0.350 e. The smallest absolute Gasteiger partial charge is 0.243 e. The Kier molecular flexibility index (Phi) is 5.26. The van der Waals surface area contributed by atoms with Crippen LogP contribution in [0.15, 0.2) is 0 Å². The first-order valence-corrected chi connectivity index (χ1v) is 11.2. The Balaban J connectivity index is 1.42. The van der Waals surface area contributed by atoms with Crippen LogP contribution in [-0.2, 0) is 9.59 Å². The highest BCUT2D eigenvalue weighted by Crippen LogP contribution is 2.60. The zero-order valence-corrected chi connectivity index (χ0v) is 17.2. The van der Waals surface area contributed by atoms with E-state index in [2.05, 4.69) is 22.9 Å². The van der Waals surface area contributed by atoms with Gasteiger partial charge in [0, 0.05) is 17.5 Å². The second-order valence-electron chi connectivity index (χ2n) is 10.4. The van der Waals surface area contributed by atoms with E-state index in [1.54, 1.807) is 0 Å². The Hall–Kier alpha value is -1.10. The van der Waals surface area contributed by atoms with Crippen LogP contribution < -0.4 is 16.0 Å². The predicted octanol–water partition coefficient (Wildman–Crippen LogP) is 2.60. The maximum absolute atomic E-state index is 13.4. The quantitative estimate of drug-likeness (QED) is 0.692. The number of hydrogen-bond donors (Lipinski definition) is 3. The van der Waals surface area contributed by atoms with E-state index in [4.69, 9.17) is 0 Å². The molecule has 5 fully saturated rings. The highest BCUT2D eigenvalue weighted by atomic mass is 16.2. The Morgan fingerprint density at radius 1 is 1.04 bits per heavy atom. The van der Waals surface area contributed by atoms with E-state index in [0.29, 0.717) is 0 Å². The lowest BCUT2D eigenvalue weighted by Gasteiger charge is -2.55. The fraction of sp³-hybridized carbons (Fsp3) is 0.909. The molecule has 0 radical (unpaired) electrons. The molecular formula is C22H37N3O2. The van der Waals surface area contributed by atoms with Crippen LogP contribution in [-0.4, -0.2) is 36.5 Å². The number of amides is 2. The predicted molar refractivity (Wildman–Crippen MR) is 106 cm³/mol. The Morgan fingerprint density at radius 2 is 1.63 bits per heavy atom. The number of nitrogens with one attached hydrogen (secondary N) is 3. The maximum atomic E-state index is 13.4.